The van der Waals surface area contributed by atoms with Gasteiger partial charge >= 0.3 is 0 Å². The summed E-state index contributed by atoms with van der Waals surface area (Å²) in [7, 11) is 0. The summed E-state index contributed by atoms with van der Waals surface area (Å²) < 4.78 is 0.706. The molecule has 2 amide bonds. The molecule has 2 aromatic rings. The van der Waals surface area contributed by atoms with Crippen molar-refractivity contribution >= 4 is 33.4 Å². The lowest BCUT2D eigenvalue weighted by Gasteiger charge is -2.31. The fraction of sp³-hybridized carbons (Fsp3) is 0.300. The Labute approximate surface area is 166 Å². The molecule has 0 spiro atoms. The molecule has 1 aliphatic heterocycles. The molecule has 7 heteroatoms. The Morgan fingerprint density at radius 2 is 1.96 bits per heavy atom. The van der Waals surface area contributed by atoms with E-state index in [9.17, 15) is 14.7 Å². The summed E-state index contributed by atoms with van der Waals surface area (Å²) in [4.78, 5) is 25.9. The molecule has 2 aromatic carbocycles. The molecule has 27 heavy (non-hydrogen) atoms. The van der Waals surface area contributed by atoms with Crippen LogP contribution in [-0.2, 0) is 11.3 Å². The molecule has 1 aliphatic rings. The monoisotopic (exact) mass is 431 g/mol. The zero-order valence-electron chi connectivity index (χ0n) is 14.8. The number of hydrogen-bond acceptors (Lipinski definition) is 4. The van der Waals surface area contributed by atoms with Gasteiger partial charge < -0.3 is 16.2 Å². The van der Waals surface area contributed by atoms with Gasteiger partial charge in [0, 0.05) is 23.2 Å². The number of primary amides is 1. The molecule has 0 aromatic heterocycles. The minimum Gasteiger partial charge on any atom is -0.507 e. The predicted molar refractivity (Wildman–Crippen MR) is 107 cm³/mol. The highest BCUT2D eigenvalue weighted by molar-refractivity contribution is 9.10. The summed E-state index contributed by atoms with van der Waals surface area (Å²) in [5, 5.41) is 12.7. The summed E-state index contributed by atoms with van der Waals surface area (Å²) in [6.07, 6.45) is 1.83. The molecule has 4 N–H and O–H groups in total. The highest BCUT2D eigenvalue weighted by Crippen LogP contribution is 2.24. The van der Waals surface area contributed by atoms with Gasteiger partial charge in [0.2, 0.25) is 5.91 Å². The first-order chi connectivity index (χ1) is 12.9. The molecular weight excluding hydrogens is 410 g/mol. The highest BCUT2D eigenvalue weighted by Gasteiger charge is 2.23. The van der Waals surface area contributed by atoms with Crippen LogP contribution in [0.4, 0.5) is 5.69 Å². The van der Waals surface area contributed by atoms with E-state index in [1.165, 1.54) is 6.07 Å². The molecule has 6 nitrogen and oxygen atoms in total. The summed E-state index contributed by atoms with van der Waals surface area (Å²) in [6, 6.07) is 12.3. The molecular formula is C20H22BrN3O3. The standard InChI is InChI=1S/C20H22BrN3O3/c21-15-5-8-17(18(25)10-15)20(27)23-16-6-3-13(4-7-16)11-24-9-1-2-14(12-24)19(22)26/h3-8,10,14,25H,1-2,9,11-12H2,(H2,22,26)(H,23,27). The smallest absolute Gasteiger partial charge is 0.259 e. The Kier molecular flexibility index (Phi) is 6.13. The second kappa shape index (κ2) is 8.54. The van der Waals surface area contributed by atoms with Crippen molar-refractivity contribution in [2.24, 2.45) is 11.7 Å². The molecule has 142 valence electrons. The molecule has 1 fully saturated rings. The number of nitrogens with zero attached hydrogens (tertiary/aromatic N) is 1. The number of phenols is 1. The Bertz CT molecular complexity index is 839. The quantitative estimate of drug-likeness (QED) is 0.677. The van der Waals surface area contributed by atoms with Gasteiger partial charge in [-0.2, -0.15) is 0 Å². The van der Waals surface area contributed by atoms with Crippen LogP contribution in [0.15, 0.2) is 46.9 Å². The van der Waals surface area contributed by atoms with Gasteiger partial charge in [0.15, 0.2) is 0 Å². The van der Waals surface area contributed by atoms with E-state index in [1.54, 1.807) is 12.1 Å². The average Bonchev–Trinajstić information content (AvgIpc) is 2.63. The number of likely N-dealkylation sites (tertiary alicyclic amines) is 1. The van der Waals surface area contributed by atoms with Gasteiger partial charge in [0.05, 0.1) is 11.5 Å². The van der Waals surface area contributed by atoms with Crippen molar-refractivity contribution in [2.45, 2.75) is 19.4 Å². The number of carbonyl (C=O) groups excluding carboxylic acids is 2. The number of hydrogen-bond donors (Lipinski definition) is 3. The molecule has 1 unspecified atom stereocenters. The largest absolute Gasteiger partial charge is 0.507 e. The first-order valence-corrected chi connectivity index (χ1v) is 9.62. The molecule has 0 bridgehead atoms. The number of aromatic hydroxyl groups is 1. The van der Waals surface area contributed by atoms with Crippen LogP contribution in [0.1, 0.15) is 28.8 Å². The number of anilines is 1. The maximum absolute atomic E-state index is 12.3. The summed E-state index contributed by atoms with van der Waals surface area (Å²) >= 11 is 3.25. The van der Waals surface area contributed by atoms with E-state index < -0.39 is 0 Å². The number of phenolic OH excluding ortho intramolecular Hbond substituents is 1. The first-order valence-electron chi connectivity index (χ1n) is 8.83. The van der Waals surface area contributed by atoms with Gasteiger partial charge in [0.1, 0.15) is 5.75 Å². The van der Waals surface area contributed by atoms with Crippen LogP contribution in [-0.4, -0.2) is 34.9 Å². The second-order valence-electron chi connectivity index (χ2n) is 6.79. The van der Waals surface area contributed by atoms with E-state index in [-0.39, 0.29) is 29.0 Å². The third-order valence-corrected chi connectivity index (χ3v) is 5.22. The van der Waals surface area contributed by atoms with E-state index >= 15 is 0 Å². The van der Waals surface area contributed by atoms with E-state index in [0.717, 1.165) is 31.5 Å². The van der Waals surface area contributed by atoms with E-state index in [2.05, 4.69) is 26.1 Å². The zero-order valence-corrected chi connectivity index (χ0v) is 16.4. The van der Waals surface area contributed by atoms with Crippen molar-refractivity contribution in [3.8, 4) is 5.75 Å². The van der Waals surface area contributed by atoms with Gasteiger partial charge in [-0.3, -0.25) is 14.5 Å². The van der Waals surface area contributed by atoms with Crippen LogP contribution in [0.3, 0.4) is 0 Å². The lowest BCUT2D eigenvalue weighted by atomic mass is 9.97. The number of piperidine rings is 1. The summed E-state index contributed by atoms with van der Waals surface area (Å²) in [5.74, 6) is -0.745. The minimum absolute atomic E-state index is 0.0732. The summed E-state index contributed by atoms with van der Waals surface area (Å²) in [5.41, 5.74) is 7.40. The molecule has 1 saturated heterocycles. The normalized spacial score (nSPS) is 17.4. The van der Waals surface area contributed by atoms with Crippen LogP contribution >= 0.6 is 15.9 Å². The lowest BCUT2D eigenvalue weighted by molar-refractivity contribution is -0.123. The lowest BCUT2D eigenvalue weighted by Crippen LogP contribution is -2.40. The highest BCUT2D eigenvalue weighted by atomic mass is 79.9. The van der Waals surface area contributed by atoms with Crippen molar-refractivity contribution in [1.82, 2.24) is 4.90 Å². The maximum Gasteiger partial charge on any atom is 0.259 e. The van der Waals surface area contributed by atoms with Crippen molar-refractivity contribution in [3.63, 3.8) is 0 Å². The van der Waals surface area contributed by atoms with Crippen LogP contribution in [0.2, 0.25) is 0 Å². The summed E-state index contributed by atoms with van der Waals surface area (Å²) in [6.45, 7) is 2.38. The molecule has 1 atom stereocenters. The molecule has 1 heterocycles. The van der Waals surface area contributed by atoms with Crippen molar-refractivity contribution < 1.29 is 14.7 Å². The van der Waals surface area contributed by atoms with Gasteiger partial charge in [-0.1, -0.05) is 28.1 Å². The Morgan fingerprint density at radius 1 is 1.22 bits per heavy atom. The van der Waals surface area contributed by atoms with Crippen LogP contribution in [0, 0.1) is 5.92 Å². The topological polar surface area (TPSA) is 95.7 Å². The van der Waals surface area contributed by atoms with E-state index in [1.807, 2.05) is 24.3 Å². The fourth-order valence-corrected chi connectivity index (χ4v) is 3.63. The number of nitrogens with two attached hydrogens (primary N) is 1. The third kappa shape index (κ3) is 5.08. The van der Waals surface area contributed by atoms with Crippen LogP contribution in [0.25, 0.3) is 0 Å². The van der Waals surface area contributed by atoms with Gasteiger partial charge in [0.25, 0.3) is 5.91 Å². The van der Waals surface area contributed by atoms with E-state index in [0.29, 0.717) is 16.7 Å². The average molecular weight is 432 g/mol. The number of carbonyl (C=O) groups is 2. The Hall–Kier alpha value is -2.38. The van der Waals surface area contributed by atoms with Gasteiger partial charge in [-0.05, 0) is 55.3 Å². The van der Waals surface area contributed by atoms with Crippen molar-refractivity contribution in [1.29, 1.82) is 0 Å². The van der Waals surface area contributed by atoms with E-state index in [4.69, 9.17) is 5.73 Å². The molecule has 0 radical (unpaired) electrons. The number of nitrogens with one attached hydrogen (secondary N) is 1. The van der Waals surface area contributed by atoms with Crippen molar-refractivity contribution in [3.05, 3.63) is 58.1 Å². The van der Waals surface area contributed by atoms with Crippen LogP contribution in [0.5, 0.6) is 5.75 Å². The molecule has 0 saturated carbocycles. The fourth-order valence-electron chi connectivity index (χ4n) is 3.28. The first kappa shape index (κ1) is 19.4. The second-order valence-corrected chi connectivity index (χ2v) is 7.70. The van der Waals surface area contributed by atoms with Gasteiger partial charge in [-0.25, -0.2) is 0 Å². The number of benzene rings is 2. The maximum atomic E-state index is 12.3. The number of amides is 2. The minimum atomic E-state index is -0.368. The predicted octanol–water partition coefficient (Wildman–Crippen LogP) is 3.10. The Balaban J connectivity index is 1.60. The number of halogens is 1. The SMILES string of the molecule is NC(=O)C1CCCN(Cc2ccc(NC(=O)c3ccc(Br)cc3O)cc2)C1. The van der Waals surface area contributed by atoms with Crippen molar-refractivity contribution in [2.75, 3.05) is 18.4 Å². The van der Waals surface area contributed by atoms with Crippen LogP contribution < -0.4 is 11.1 Å². The number of rotatable bonds is 5. The molecule has 3 rings (SSSR count). The Morgan fingerprint density at radius 3 is 2.63 bits per heavy atom. The zero-order chi connectivity index (χ0) is 19.4. The molecule has 0 aliphatic carbocycles. The third-order valence-electron chi connectivity index (χ3n) is 4.73. The van der Waals surface area contributed by atoms with Gasteiger partial charge in [-0.15, -0.1) is 0 Å².